The zero-order chi connectivity index (χ0) is 15.4. The van der Waals surface area contributed by atoms with Gasteiger partial charge in [0.1, 0.15) is 0 Å². The van der Waals surface area contributed by atoms with Gasteiger partial charge in [0.2, 0.25) is 0 Å². The van der Waals surface area contributed by atoms with Gasteiger partial charge >= 0.3 is 5.97 Å². The molecule has 5 heteroatoms. The third-order valence-electron chi connectivity index (χ3n) is 3.23. The van der Waals surface area contributed by atoms with E-state index in [1.165, 1.54) is 15.3 Å². The Bertz CT molecular complexity index is 630. The number of hydrogen-bond acceptors (Lipinski definition) is 5. The van der Waals surface area contributed by atoms with E-state index in [-0.39, 0.29) is 5.97 Å². The van der Waals surface area contributed by atoms with E-state index in [0.717, 1.165) is 5.69 Å². The van der Waals surface area contributed by atoms with Gasteiger partial charge in [-0.2, -0.15) is 0 Å². The van der Waals surface area contributed by atoms with Gasteiger partial charge < -0.3 is 15.8 Å². The number of nitrogens with one attached hydrogen (secondary N) is 1. The van der Waals surface area contributed by atoms with Gasteiger partial charge in [-0.25, -0.2) is 4.79 Å². The Morgan fingerprint density at radius 2 is 2.10 bits per heavy atom. The molecule has 0 radical (unpaired) electrons. The number of nitrogen functional groups attached to an aromatic ring is 1. The molecule has 0 aliphatic rings. The summed E-state index contributed by atoms with van der Waals surface area (Å²) in [6.07, 6.45) is 0. The Morgan fingerprint density at radius 3 is 2.71 bits per heavy atom. The van der Waals surface area contributed by atoms with E-state index in [1.54, 1.807) is 36.5 Å². The van der Waals surface area contributed by atoms with Crippen molar-refractivity contribution in [3.05, 3.63) is 45.1 Å². The van der Waals surface area contributed by atoms with Crippen molar-refractivity contribution in [1.29, 1.82) is 0 Å². The number of ether oxygens (including phenoxy) is 1. The molecular formula is C16H20N2O2S. The first kappa shape index (κ1) is 15.4. The number of hydrogen-bond donors (Lipinski definition) is 2. The zero-order valence-electron chi connectivity index (χ0n) is 12.5. The maximum absolute atomic E-state index is 11.7. The fourth-order valence-electron chi connectivity index (χ4n) is 1.97. The van der Waals surface area contributed by atoms with E-state index < -0.39 is 0 Å². The standard InChI is InChI=1S/C16H20N2O2S/c1-4-20-16(19)12-5-6-14(17)15(8-12)18-9-13-7-10(2)11(3)21-13/h5-8,18H,4,9,17H2,1-3H3. The highest BCUT2D eigenvalue weighted by atomic mass is 32.1. The van der Waals surface area contributed by atoms with Crippen LogP contribution in [0.15, 0.2) is 24.3 Å². The summed E-state index contributed by atoms with van der Waals surface area (Å²) in [4.78, 5) is 14.3. The Balaban J connectivity index is 2.11. The molecule has 1 heterocycles. The average molecular weight is 304 g/mol. The number of esters is 1. The molecule has 3 N–H and O–H groups in total. The number of carbonyl (C=O) groups is 1. The van der Waals surface area contributed by atoms with Crippen LogP contribution in [0.2, 0.25) is 0 Å². The van der Waals surface area contributed by atoms with Crippen LogP contribution in [0, 0.1) is 13.8 Å². The molecule has 2 aromatic rings. The summed E-state index contributed by atoms with van der Waals surface area (Å²) in [5.74, 6) is -0.330. The molecule has 0 fully saturated rings. The van der Waals surface area contributed by atoms with Gasteiger partial charge in [0.25, 0.3) is 0 Å². The van der Waals surface area contributed by atoms with E-state index in [0.29, 0.717) is 24.4 Å². The van der Waals surface area contributed by atoms with Gasteiger partial charge in [-0.05, 0) is 50.6 Å². The van der Waals surface area contributed by atoms with Crippen molar-refractivity contribution in [1.82, 2.24) is 0 Å². The lowest BCUT2D eigenvalue weighted by Gasteiger charge is -2.10. The lowest BCUT2D eigenvalue weighted by molar-refractivity contribution is 0.0526. The second-order valence-electron chi connectivity index (χ2n) is 4.83. The topological polar surface area (TPSA) is 64.3 Å². The van der Waals surface area contributed by atoms with Crippen molar-refractivity contribution < 1.29 is 9.53 Å². The van der Waals surface area contributed by atoms with Crippen molar-refractivity contribution in [3.8, 4) is 0 Å². The summed E-state index contributed by atoms with van der Waals surface area (Å²) >= 11 is 1.76. The molecule has 0 aliphatic heterocycles. The molecular weight excluding hydrogens is 284 g/mol. The molecule has 0 saturated heterocycles. The van der Waals surface area contributed by atoms with Crippen LogP contribution in [0.1, 0.15) is 32.6 Å². The predicted molar refractivity (Wildman–Crippen MR) is 87.9 cm³/mol. The van der Waals surface area contributed by atoms with Crippen molar-refractivity contribution in [2.45, 2.75) is 27.3 Å². The summed E-state index contributed by atoms with van der Waals surface area (Å²) in [7, 11) is 0. The van der Waals surface area contributed by atoms with E-state index in [2.05, 4.69) is 25.2 Å². The molecule has 0 saturated carbocycles. The van der Waals surface area contributed by atoms with Gasteiger partial charge in [0.05, 0.1) is 23.5 Å². The number of carbonyl (C=O) groups excluding carboxylic acids is 1. The zero-order valence-corrected chi connectivity index (χ0v) is 13.3. The lowest BCUT2D eigenvalue weighted by atomic mass is 10.1. The highest BCUT2D eigenvalue weighted by Gasteiger charge is 2.09. The monoisotopic (exact) mass is 304 g/mol. The molecule has 4 nitrogen and oxygen atoms in total. The number of benzene rings is 1. The number of thiophene rings is 1. The van der Waals surface area contributed by atoms with E-state index in [1.807, 2.05) is 0 Å². The first-order valence-electron chi connectivity index (χ1n) is 6.87. The van der Waals surface area contributed by atoms with Crippen LogP contribution in [0.25, 0.3) is 0 Å². The minimum Gasteiger partial charge on any atom is -0.462 e. The fraction of sp³-hybridized carbons (Fsp3) is 0.312. The molecule has 0 aliphatic carbocycles. The molecule has 0 atom stereocenters. The minimum atomic E-state index is -0.330. The lowest BCUT2D eigenvalue weighted by Crippen LogP contribution is -2.07. The molecule has 1 aromatic heterocycles. The number of aryl methyl sites for hydroxylation is 2. The van der Waals surface area contributed by atoms with Crippen LogP contribution in [0.4, 0.5) is 11.4 Å². The van der Waals surface area contributed by atoms with Crippen LogP contribution in [0.3, 0.4) is 0 Å². The third kappa shape index (κ3) is 3.76. The summed E-state index contributed by atoms with van der Waals surface area (Å²) in [5, 5.41) is 3.28. The van der Waals surface area contributed by atoms with Crippen LogP contribution >= 0.6 is 11.3 Å². The molecule has 0 unspecified atom stereocenters. The maximum Gasteiger partial charge on any atom is 0.338 e. The smallest absolute Gasteiger partial charge is 0.338 e. The van der Waals surface area contributed by atoms with Crippen LogP contribution in [0.5, 0.6) is 0 Å². The Morgan fingerprint density at radius 1 is 1.33 bits per heavy atom. The minimum absolute atomic E-state index is 0.330. The van der Waals surface area contributed by atoms with Crippen LogP contribution in [-0.4, -0.2) is 12.6 Å². The number of anilines is 2. The van der Waals surface area contributed by atoms with Gasteiger partial charge in [-0.3, -0.25) is 0 Å². The van der Waals surface area contributed by atoms with Crippen molar-refractivity contribution in [3.63, 3.8) is 0 Å². The summed E-state index contributed by atoms with van der Waals surface area (Å²) in [6.45, 7) is 7.05. The molecule has 0 bridgehead atoms. The Labute approximate surface area is 128 Å². The average Bonchev–Trinajstić information content (AvgIpc) is 2.77. The SMILES string of the molecule is CCOC(=O)c1ccc(N)c(NCc2cc(C)c(C)s2)c1. The normalized spacial score (nSPS) is 10.4. The summed E-state index contributed by atoms with van der Waals surface area (Å²) in [6, 6.07) is 7.30. The quantitative estimate of drug-likeness (QED) is 0.652. The van der Waals surface area contributed by atoms with E-state index in [4.69, 9.17) is 10.5 Å². The molecule has 21 heavy (non-hydrogen) atoms. The Kier molecular flexibility index (Phi) is 4.85. The van der Waals surface area contributed by atoms with Crippen molar-refractivity contribution >= 4 is 28.7 Å². The third-order valence-corrected chi connectivity index (χ3v) is 4.39. The van der Waals surface area contributed by atoms with Gasteiger partial charge in [0.15, 0.2) is 0 Å². The fourth-order valence-corrected chi connectivity index (χ4v) is 2.96. The first-order valence-corrected chi connectivity index (χ1v) is 7.69. The van der Waals surface area contributed by atoms with E-state index >= 15 is 0 Å². The van der Waals surface area contributed by atoms with E-state index in [9.17, 15) is 4.79 Å². The molecule has 0 spiro atoms. The largest absolute Gasteiger partial charge is 0.462 e. The summed E-state index contributed by atoms with van der Waals surface area (Å²) < 4.78 is 5.00. The second kappa shape index (κ2) is 6.63. The van der Waals surface area contributed by atoms with Crippen LogP contribution in [-0.2, 0) is 11.3 Å². The summed E-state index contributed by atoms with van der Waals surface area (Å²) in [5.41, 5.74) is 9.13. The molecule has 0 amide bonds. The number of rotatable bonds is 5. The highest BCUT2D eigenvalue weighted by molar-refractivity contribution is 7.12. The predicted octanol–water partition coefficient (Wildman–Crippen LogP) is 3.74. The Hall–Kier alpha value is -2.01. The second-order valence-corrected chi connectivity index (χ2v) is 6.17. The van der Waals surface area contributed by atoms with Crippen LogP contribution < -0.4 is 11.1 Å². The van der Waals surface area contributed by atoms with Crippen molar-refractivity contribution in [2.75, 3.05) is 17.7 Å². The highest BCUT2D eigenvalue weighted by Crippen LogP contribution is 2.24. The van der Waals surface area contributed by atoms with Gasteiger partial charge in [-0.1, -0.05) is 0 Å². The maximum atomic E-state index is 11.7. The molecule has 112 valence electrons. The van der Waals surface area contributed by atoms with Gasteiger partial charge in [-0.15, -0.1) is 11.3 Å². The first-order chi connectivity index (χ1) is 10.0. The van der Waals surface area contributed by atoms with Crippen molar-refractivity contribution in [2.24, 2.45) is 0 Å². The van der Waals surface area contributed by atoms with Gasteiger partial charge in [0, 0.05) is 16.3 Å². The molecule has 1 aromatic carbocycles. The molecule has 2 rings (SSSR count). The number of nitrogens with two attached hydrogens (primary N) is 1.